The first-order valence-corrected chi connectivity index (χ1v) is 9.36. The molecule has 2 N–H and O–H groups in total. The number of amides is 2. The van der Waals surface area contributed by atoms with Gasteiger partial charge in [-0.25, -0.2) is 0 Å². The first-order valence-electron chi connectivity index (χ1n) is 8.98. The average molecular weight is 397 g/mol. The Morgan fingerprint density at radius 2 is 1.75 bits per heavy atom. The monoisotopic (exact) mass is 396 g/mol. The molecule has 2 aromatic carbocycles. The van der Waals surface area contributed by atoms with Gasteiger partial charge in [-0.1, -0.05) is 37.1 Å². The minimum Gasteiger partial charge on any atom is -0.322 e. The Morgan fingerprint density at radius 3 is 2.46 bits per heavy atom. The number of aryl methyl sites for hydroxylation is 2. The molecule has 0 fully saturated rings. The number of aromatic nitrogens is 2. The van der Waals surface area contributed by atoms with Gasteiger partial charge in [0.15, 0.2) is 0 Å². The normalized spacial score (nSPS) is 10.5. The number of rotatable bonds is 6. The number of carbonyl (C=O) groups excluding carboxylic acids is 2. The van der Waals surface area contributed by atoms with Crippen LogP contribution in [0.15, 0.2) is 54.6 Å². The summed E-state index contributed by atoms with van der Waals surface area (Å²) in [5.41, 5.74) is 2.71. The second-order valence-corrected chi connectivity index (χ2v) is 6.79. The second kappa shape index (κ2) is 8.71. The van der Waals surface area contributed by atoms with E-state index < -0.39 is 0 Å². The number of nitrogens with one attached hydrogen (secondary N) is 2. The summed E-state index contributed by atoms with van der Waals surface area (Å²) in [6, 6.07) is 15.5. The zero-order chi connectivity index (χ0) is 20.1. The summed E-state index contributed by atoms with van der Waals surface area (Å²) in [6.45, 7) is 2.06. The van der Waals surface area contributed by atoms with Crippen molar-refractivity contribution in [3.8, 4) is 0 Å². The van der Waals surface area contributed by atoms with Crippen molar-refractivity contribution in [2.75, 3.05) is 10.6 Å². The highest BCUT2D eigenvalue weighted by atomic mass is 35.5. The fraction of sp³-hybridized carbons (Fsp3) is 0.190. The molecule has 0 spiro atoms. The van der Waals surface area contributed by atoms with Crippen molar-refractivity contribution in [1.82, 2.24) is 9.78 Å². The van der Waals surface area contributed by atoms with E-state index in [0.717, 1.165) is 18.5 Å². The third-order valence-corrected chi connectivity index (χ3v) is 4.44. The summed E-state index contributed by atoms with van der Waals surface area (Å²) in [5, 5.41) is 10.6. The standard InChI is InChI=1S/C21H21ClN4O2/c1-3-6-16-13-19(26(2)25-16)21(28)24-18-8-5-4-7-17(18)20(27)23-15-11-9-14(22)10-12-15/h4-5,7-13H,3,6H2,1-2H3,(H,23,27)(H,24,28). The van der Waals surface area contributed by atoms with E-state index in [9.17, 15) is 9.59 Å². The first kappa shape index (κ1) is 19.6. The lowest BCUT2D eigenvalue weighted by Gasteiger charge is -2.11. The van der Waals surface area contributed by atoms with Crippen LogP contribution in [0.1, 0.15) is 39.9 Å². The lowest BCUT2D eigenvalue weighted by Crippen LogP contribution is -2.20. The molecule has 2 amide bonds. The molecule has 0 saturated carbocycles. The predicted octanol–water partition coefficient (Wildman–Crippen LogP) is 4.53. The van der Waals surface area contributed by atoms with Gasteiger partial charge in [0.25, 0.3) is 11.8 Å². The van der Waals surface area contributed by atoms with Gasteiger partial charge in [0.1, 0.15) is 5.69 Å². The highest BCUT2D eigenvalue weighted by molar-refractivity contribution is 6.30. The quantitative estimate of drug-likeness (QED) is 0.642. The molecule has 3 aromatic rings. The molecule has 7 heteroatoms. The van der Waals surface area contributed by atoms with Gasteiger partial charge in [-0.05, 0) is 48.9 Å². The summed E-state index contributed by atoms with van der Waals surface area (Å²) in [6.07, 6.45) is 1.76. The fourth-order valence-electron chi connectivity index (χ4n) is 2.83. The van der Waals surface area contributed by atoms with Crippen molar-refractivity contribution in [3.63, 3.8) is 0 Å². The van der Waals surface area contributed by atoms with Crippen LogP contribution in [-0.4, -0.2) is 21.6 Å². The molecular formula is C21H21ClN4O2. The third-order valence-electron chi connectivity index (χ3n) is 4.19. The number of hydrogen-bond donors (Lipinski definition) is 2. The SMILES string of the molecule is CCCc1cc(C(=O)Nc2ccccc2C(=O)Nc2ccc(Cl)cc2)n(C)n1. The molecule has 3 rings (SSSR count). The highest BCUT2D eigenvalue weighted by Gasteiger charge is 2.17. The van der Waals surface area contributed by atoms with Crippen molar-refractivity contribution >= 4 is 34.8 Å². The Kier molecular flexibility index (Phi) is 6.11. The lowest BCUT2D eigenvalue weighted by molar-refractivity contribution is 0.101. The molecule has 0 bridgehead atoms. The fourth-order valence-corrected chi connectivity index (χ4v) is 2.95. The zero-order valence-electron chi connectivity index (χ0n) is 15.7. The van der Waals surface area contributed by atoms with Crippen LogP contribution < -0.4 is 10.6 Å². The molecular weight excluding hydrogens is 376 g/mol. The molecule has 0 aliphatic carbocycles. The van der Waals surface area contributed by atoms with Crippen molar-refractivity contribution in [2.45, 2.75) is 19.8 Å². The maximum atomic E-state index is 12.7. The highest BCUT2D eigenvalue weighted by Crippen LogP contribution is 2.20. The van der Waals surface area contributed by atoms with Crippen molar-refractivity contribution in [1.29, 1.82) is 0 Å². The van der Waals surface area contributed by atoms with Crippen LogP contribution in [0.3, 0.4) is 0 Å². The number of benzene rings is 2. The van der Waals surface area contributed by atoms with Crippen LogP contribution in [0.4, 0.5) is 11.4 Å². The smallest absolute Gasteiger partial charge is 0.273 e. The second-order valence-electron chi connectivity index (χ2n) is 6.36. The van der Waals surface area contributed by atoms with Crippen molar-refractivity contribution in [2.24, 2.45) is 7.05 Å². The molecule has 0 atom stereocenters. The third kappa shape index (κ3) is 4.58. The molecule has 1 aromatic heterocycles. The maximum absolute atomic E-state index is 12.7. The number of para-hydroxylation sites is 1. The van der Waals surface area contributed by atoms with Crippen molar-refractivity contribution < 1.29 is 9.59 Å². The predicted molar refractivity (Wildman–Crippen MR) is 111 cm³/mol. The summed E-state index contributed by atoms with van der Waals surface area (Å²) in [4.78, 5) is 25.4. The Morgan fingerprint density at radius 1 is 1.04 bits per heavy atom. The number of halogens is 1. The van der Waals surface area contributed by atoms with E-state index in [4.69, 9.17) is 11.6 Å². The molecule has 0 saturated heterocycles. The Labute approximate surface area is 168 Å². The Hall–Kier alpha value is -3.12. The molecule has 0 aliphatic heterocycles. The average Bonchev–Trinajstić information content (AvgIpc) is 3.04. The van der Waals surface area contributed by atoms with Gasteiger partial charge in [0.05, 0.1) is 16.9 Å². The maximum Gasteiger partial charge on any atom is 0.273 e. The molecule has 0 radical (unpaired) electrons. The van der Waals surface area contributed by atoms with Crippen LogP contribution in [0, 0.1) is 0 Å². The van der Waals surface area contributed by atoms with E-state index >= 15 is 0 Å². The number of hydrogen-bond acceptors (Lipinski definition) is 3. The van der Waals surface area contributed by atoms with Crippen LogP contribution in [0.25, 0.3) is 0 Å². The van der Waals surface area contributed by atoms with Gasteiger partial charge in [0, 0.05) is 17.8 Å². The molecule has 144 valence electrons. The molecule has 0 aliphatic rings. The Bertz CT molecular complexity index is 996. The summed E-state index contributed by atoms with van der Waals surface area (Å²) in [7, 11) is 1.73. The zero-order valence-corrected chi connectivity index (χ0v) is 16.5. The number of carbonyl (C=O) groups is 2. The lowest BCUT2D eigenvalue weighted by atomic mass is 10.1. The molecule has 1 heterocycles. The van der Waals surface area contributed by atoms with Crippen LogP contribution >= 0.6 is 11.6 Å². The first-order chi connectivity index (χ1) is 13.5. The summed E-state index contributed by atoms with van der Waals surface area (Å²) in [5.74, 6) is -0.640. The van der Waals surface area contributed by atoms with Crippen LogP contribution in [-0.2, 0) is 13.5 Å². The number of anilines is 2. The van der Waals surface area contributed by atoms with Gasteiger partial charge in [-0.3, -0.25) is 14.3 Å². The molecule has 6 nitrogen and oxygen atoms in total. The summed E-state index contributed by atoms with van der Waals surface area (Å²) < 4.78 is 1.55. The van der Waals surface area contributed by atoms with E-state index in [1.807, 2.05) is 0 Å². The van der Waals surface area contributed by atoms with Gasteiger partial charge >= 0.3 is 0 Å². The molecule has 0 unspecified atom stereocenters. The topological polar surface area (TPSA) is 76.0 Å². The minimum atomic E-state index is -0.324. The minimum absolute atomic E-state index is 0.316. The van der Waals surface area contributed by atoms with E-state index in [1.165, 1.54) is 0 Å². The van der Waals surface area contributed by atoms with Gasteiger partial charge < -0.3 is 10.6 Å². The van der Waals surface area contributed by atoms with E-state index in [1.54, 1.807) is 66.3 Å². The van der Waals surface area contributed by atoms with E-state index in [0.29, 0.717) is 27.7 Å². The number of nitrogens with zero attached hydrogens (tertiary/aromatic N) is 2. The summed E-state index contributed by atoms with van der Waals surface area (Å²) >= 11 is 5.87. The van der Waals surface area contributed by atoms with E-state index in [-0.39, 0.29) is 11.8 Å². The van der Waals surface area contributed by atoms with E-state index in [2.05, 4.69) is 22.7 Å². The van der Waals surface area contributed by atoms with Crippen LogP contribution in [0.5, 0.6) is 0 Å². The van der Waals surface area contributed by atoms with Gasteiger partial charge in [-0.15, -0.1) is 0 Å². The largest absolute Gasteiger partial charge is 0.322 e. The van der Waals surface area contributed by atoms with Gasteiger partial charge in [0.2, 0.25) is 0 Å². The Balaban J connectivity index is 1.79. The van der Waals surface area contributed by atoms with Gasteiger partial charge in [-0.2, -0.15) is 5.10 Å². The van der Waals surface area contributed by atoms with Crippen molar-refractivity contribution in [3.05, 3.63) is 76.6 Å². The van der Waals surface area contributed by atoms with Crippen LogP contribution in [0.2, 0.25) is 5.02 Å². The molecule has 28 heavy (non-hydrogen) atoms.